The molecule has 0 spiro atoms. The van der Waals surface area contributed by atoms with Gasteiger partial charge in [0.2, 0.25) is 0 Å². The summed E-state index contributed by atoms with van der Waals surface area (Å²) in [6, 6.07) is 16.4. The van der Waals surface area contributed by atoms with E-state index in [0.29, 0.717) is 36.7 Å². The molecule has 10 nitrogen and oxygen atoms in total. The number of ether oxygens (including phenoxy) is 3. The Morgan fingerprint density at radius 2 is 2.00 bits per heavy atom. The molecule has 0 unspecified atom stereocenters. The van der Waals surface area contributed by atoms with Crippen LogP contribution in [0.5, 0.6) is 0 Å². The van der Waals surface area contributed by atoms with Gasteiger partial charge >= 0.3 is 5.97 Å². The van der Waals surface area contributed by atoms with Gasteiger partial charge in [0.05, 0.1) is 31.1 Å². The zero-order chi connectivity index (χ0) is 27.6. The van der Waals surface area contributed by atoms with Gasteiger partial charge in [0.25, 0.3) is 0 Å². The summed E-state index contributed by atoms with van der Waals surface area (Å²) in [6.07, 6.45) is 6.20. The number of pyridine rings is 1. The second kappa shape index (κ2) is 11.1. The fourth-order valence-corrected chi connectivity index (χ4v) is 5.42. The van der Waals surface area contributed by atoms with Crippen LogP contribution in [0.4, 0.5) is 5.82 Å². The Labute approximate surface area is 232 Å². The van der Waals surface area contributed by atoms with Crippen LogP contribution in [0.25, 0.3) is 28.3 Å². The molecular weight excluding hydrogens is 508 g/mol. The molecule has 1 aromatic carbocycles. The quantitative estimate of drug-likeness (QED) is 0.266. The second-order valence-corrected chi connectivity index (χ2v) is 9.89. The van der Waals surface area contributed by atoms with Gasteiger partial charge in [0.1, 0.15) is 23.3 Å². The fraction of sp³-hybridized carbons (Fsp3) is 0.333. The first kappa shape index (κ1) is 26.0. The highest BCUT2D eigenvalue weighted by atomic mass is 16.5. The molecule has 3 aliphatic rings. The van der Waals surface area contributed by atoms with Crippen LogP contribution in [0.2, 0.25) is 0 Å². The number of hydrogen-bond donors (Lipinski definition) is 0. The van der Waals surface area contributed by atoms with E-state index in [-0.39, 0.29) is 18.8 Å². The van der Waals surface area contributed by atoms with Crippen molar-refractivity contribution >= 4 is 17.4 Å². The molecular formula is C30H32N6O4. The maximum absolute atomic E-state index is 12.8. The average Bonchev–Trinajstić information content (AvgIpc) is 3.62. The Bertz CT molecular complexity index is 1600. The van der Waals surface area contributed by atoms with Gasteiger partial charge in [-0.2, -0.15) is 9.61 Å². The van der Waals surface area contributed by atoms with E-state index in [4.69, 9.17) is 24.2 Å². The van der Waals surface area contributed by atoms with Crippen LogP contribution in [0, 0.1) is 0 Å². The van der Waals surface area contributed by atoms with Crippen molar-refractivity contribution in [3.05, 3.63) is 78.2 Å². The van der Waals surface area contributed by atoms with Crippen molar-refractivity contribution in [2.45, 2.75) is 32.0 Å². The Morgan fingerprint density at radius 3 is 2.80 bits per heavy atom. The SMILES string of the molecule is CCOC(=O)c1cnn2c(N(C)Cc3ccccc3)cc(-c3cnc4n([C@@H]5CCOC[C@H]5OC)cccc3-4)nc12. The lowest BCUT2D eigenvalue weighted by Crippen LogP contribution is -2.36. The number of fused-ring (bicyclic) bond motifs is 2. The third kappa shape index (κ3) is 4.69. The molecule has 1 fully saturated rings. The number of methoxy groups -OCH3 is 1. The predicted molar refractivity (Wildman–Crippen MR) is 151 cm³/mol. The van der Waals surface area contributed by atoms with Crippen molar-refractivity contribution < 1.29 is 19.0 Å². The van der Waals surface area contributed by atoms with Crippen molar-refractivity contribution in [1.82, 2.24) is 24.1 Å². The summed E-state index contributed by atoms with van der Waals surface area (Å²) in [7, 11) is 3.72. The van der Waals surface area contributed by atoms with Gasteiger partial charge in [-0.3, -0.25) is 0 Å². The minimum Gasteiger partial charge on any atom is -0.462 e. The number of benzene rings is 1. The number of rotatable bonds is 8. The summed E-state index contributed by atoms with van der Waals surface area (Å²) in [5, 5.41) is 4.53. The largest absolute Gasteiger partial charge is 0.462 e. The van der Waals surface area contributed by atoms with E-state index in [0.717, 1.165) is 34.8 Å². The Morgan fingerprint density at radius 1 is 1.15 bits per heavy atom. The van der Waals surface area contributed by atoms with Gasteiger partial charge in [-0.25, -0.2) is 14.8 Å². The summed E-state index contributed by atoms with van der Waals surface area (Å²) in [4.78, 5) is 24.7. The van der Waals surface area contributed by atoms with Crippen molar-refractivity contribution in [1.29, 1.82) is 0 Å². The number of nitrogens with zero attached hydrogens (tertiary/aromatic N) is 6. The van der Waals surface area contributed by atoms with Gasteiger partial charge in [0, 0.05) is 56.9 Å². The summed E-state index contributed by atoms with van der Waals surface area (Å²) in [5.74, 6) is 1.19. The molecule has 40 heavy (non-hydrogen) atoms. The topological polar surface area (TPSA) is 96.0 Å². The monoisotopic (exact) mass is 540 g/mol. The highest BCUT2D eigenvalue weighted by molar-refractivity contribution is 5.96. The molecule has 6 rings (SSSR count). The smallest absolute Gasteiger partial charge is 0.343 e. The van der Waals surface area contributed by atoms with Crippen molar-refractivity contribution in [2.24, 2.45) is 0 Å². The van der Waals surface area contributed by atoms with E-state index in [9.17, 15) is 4.79 Å². The number of aromatic nitrogens is 5. The zero-order valence-electron chi connectivity index (χ0n) is 22.9. The van der Waals surface area contributed by atoms with Crippen LogP contribution < -0.4 is 4.90 Å². The van der Waals surface area contributed by atoms with Gasteiger partial charge in [-0.15, -0.1) is 0 Å². The zero-order valence-corrected chi connectivity index (χ0v) is 22.9. The van der Waals surface area contributed by atoms with Gasteiger partial charge < -0.3 is 23.7 Å². The first-order valence-corrected chi connectivity index (χ1v) is 13.5. The molecule has 3 aliphatic heterocycles. The maximum atomic E-state index is 12.8. The molecule has 5 heterocycles. The van der Waals surface area contributed by atoms with Crippen molar-refractivity contribution in [2.75, 3.05) is 38.9 Å². The van der Waals surface area contributed by atoms with Crippen LogP contribution in [0.15, 0.2) is 67.1 Å². The lowest BCUT2D eigenvalue weighted by atomic mass is 10.0. The molecule has 0 N–H and O–H groups in total. The standard InChI is InChI=1S/C30H32N6O4/c1-4-40-30(37)23-17-32-36-27(34(2)18-20-9-6-5-7-10-20)15-24(33-29(23)36)22-16-31-28-21(22)11-8-13-35(28)25-12-14-39-19-26(25)38-3/h5-11,13,15-17,25-26H,4,12,14,18-19H2,1-3H3/t25-,26-/m1/s1. The van der Waals surface area contributed by atoms with E-state index in [2.05, 4.69) is 32.8 Å². The molecule has 0 aliphatic carbocycles. The van der Waals surface area contributed by atoms with E-state index < -0.39 is 5.97 Å². The predicted octanol–water partition coefficient (Wildman–Crippen LogP) is 4.49. The van der Waals surface area contributed by atoms with Crippen LogP contribution in [0.1, 0.15) is 35.3 Å². The van der Waals surface area contributed by atoms with Gasteiger partial charge in [-0.05, 0) is 31.0 Å². The third-order valence-corrected chi connectivity index (χ3v) is 7.41. The summed E-state index contributed by atoms with van der Waals surface area (Å²) in [6.45, 7) is 3.92. The minimum absolute atomic E-state index is 0.0591. The summed E-state index contributed by atoms with van der Waals surface area (Å²) < 4.78 is 20.6. The number of esters is 1. The van der Waals surface area contributed by atoms with Gasteiger partial charge in [-0.1, -0.05) is 30.3 Å². The highest BCUT2D eigenvalue weighted by Crippen LogP contribution is 2.37. The van der Waals surface area contributed by atoms with E-state index >= 15 is 0 Å². The Balaban J connectivity index is 1.46. The first-order chi connectivity index (χ1) is 19.6. The van der Waals surface area contributed by atoms with Crippen LogP contribution in [-0.4, -0.2) is 70.2 Å². The first-order valence-electron chi connectivity index (χ1n) is 13.5. The van der Waals surface area contributed by atoms with E-state index in [1.807, 2.05) is 49.8 Å². The molecule has 206 valence electrons. The Kier molecular flexibility index (Phi) is 7.19. The van der Waals surface area contributed by atoms with Crippen LogP contribution in [-0.2, 0) is 20.8 Å². The number of carbonyl (C=O) groups excluding carboxylic acids is 1. The highest BCUT2D eigenvalue weighted by Gasteiger charge is 2.30. The van der Waals surface area contributed by atoms with E-state index in [1.165, 1.54) is 6.20 Å². The number of anilines is 1. The molecule has 0 radical (unpaired) electrons. The molecule has 10 heteroatoms. The lowest BCUT2D eigenvalue weighted by Gasteiger charge is -2.33. The van der Waals surface area contributed by atoms with Crippen LogP contribution >= 0.6 is 0 Å². The molecule has 2 atom stereocenters. The molecule has 0 amide bonds. The number of hydrogen-bond acceptors (Lipinski definition) is 8. The third-order valence-electron chi connectivity index (χ3n) is 7.41. The molecule has 0 saturated carbocycles. The van der Waals surface area contributed by atoms with Gasteiger partial charge in [0.15, 0.2) is 5.65 Å². The summed E-state index contributed by atoms with van der Waals surface area (Å²) >= 11 is 0. The van der Waals surface area contributed by atoms with E-state index in [1.54, 1.807) is 18.5 Å². The maximum Gasteiger partial charge on any atom is 0.343 e. The molecule has 0 bridgehead atoms. The van der Waals surface area contributed by atoms with Crippen LogP contribution in [0.3, 0.4) is 0 Å². The molecule has 1 saturated heterocycles. The normalized spacial score (nSPS) is 17.4. The molecule has 3 aromatic rings. The fourth-order valence-electron chi connectivity index (χ4n) is 5.42. The number of carbonyl (C=O) groups is 1. The van der Waals surface area contributed by atoms with Crippen molar-refractivity contribution in [3.63, 3.8) is 0 Å². The molecule has 2 aromatic heterocycles. The second-order valence-electron chi connectivity index (χ2n) is 9.89. The summed E-state index contributed by atoms with van der Waals surface area (Å²) in [5.41, 5.74) is 4.45. The lowest BCUT2D eigenvalue weighted by molar-refractivity contribution is -0.0600. The minimum atomic E-state index is -0.452. The Hall–Kier alpha value is -4.28. The average molecular weight is 541 g/mol. The van der Waals surface area contributed by atoms with Crippen molar-refractivity contribution in [3.8, 4) is 22.6 Å².